The molecule has 2 unspecified atom stereocenters. The largest absolute Gasteiger partial charge is 0.304 e. The average molecular weight is 230 g/mol. The lowest BCUT2D eigenvalue weighted by molar-refractivity contribution is -0.138. The molecule has 0 aliphatic carbocycles. The second-order valence-electron chi connectivity index (χ2n) is 3.69. The van der Waals surface area contributed by atoms with Crippen molar-refractivity contribution in [3.8, 4) is 0 Å². The minimum Gasteiger partial charge on any atom is -0.304 e. The standard InChI is InChI=1S/C10H18N2O2S/c1-4-12-9(13)5-8(10(12)14)11-6-7(2)15-3/h7-8,11H,4-6H2,1-3H3. The first-order valence-corrected chi connectivity index (χ1v) is 6.49. The molecule has 0 bridgehead atoms. The van der Waals surface area contributed by atoms with Crippen molar-refractivity contribution in [2.45, 2.75) is 31.6 Å². The van der Waals surface area contributed by atoms with Crippen molar-refractivity contribution in [2.24, 2.45) is 0 Å². The van der Waals surface area contributed by atoms with Crippen LogP contribution in [0, 0.1) is 0 Å². The number of rotatable bonds is 5. The van der Waals surface area contributed by atoms with E-state index < -0.39 is 0 Å². The predicted molar refractivity (Wildman–Crippen MR) is 61.8 cm³/mol. The van der Waals surface area contributed by atoms with Gasteiger partial charge in [-0.25, -0.2) is 0 Å². The van der Waals surface area contributed by atoms with E-state index in [1.54, 1.807) is 11.8 Å². The average Bonchev–Trinajstić information content (AvgIpc) is 2.50. The molecule has 4 nitrogen and oxygen atoms in total. The Morgan fingerprint density at radius 2 is 2.27 bits per heavy atom. The Kier molecular flexibility index (Phi) is 4.60. The number of likely N-dealkylation sites (N-methyl/N-ethyl adjacent to an activating group) is 1. The van der Waals surface area contributed by atoms with Crippen LogP contribution in [-0.2, 0) is 9.59 Å². The lowest BCUT2D eigenvalue weighted by Crippen LogP contribution is -2.40. The second-order valence-corrected chi connectivity index (χ2v) is 4.96. The summed E-state index contributed by atoms with van der Waals surface area (Å²) in [5.41, 5.74) is 0. The van der Waals surface area contributed by atoms with Gasteiger partial charge in [0.15, 0.2) is 0 Å². The predicted octanol–water partition coefficient (Wildman–Crippen LogP) is 0.475. The fourth-order valence-corrected chi connectivity index (χ4v) is 1.83. The van der Waals surface area contributed by atoms with Crippen LogP contribution in [0.3, 0.4) is 0 Å². The number of amides is 2. The van der Waals surface area contributed by atoms with E-state index in [0.717, 1.165) is 6.54 Å². The van der Waals surface area contributed by atoms with Crippen molar-refractivity contribution in [3.05, 3.63) is 0 Å². The summed E-state index contributed by atoms with van der Waals surface area (Å²) in [6.07, 6.45) is 2.35. The van der Waals surface area contributed by atoms with Crippen molar-refractivity contribution in [3.63, 3.8) is 0 Å². The van der Waals surface area contributed by atoms with E-state index in [0.29, 0.717) is 18.2 Å². The molecule has 2 amide bonds. The molecule has 1 fully saturated rings. The zero-order valence-corrected chi connectivity index (χ0v) is 10.3. The summed E-state index contributed by atoms with van der Waals surface area (Å²) < 4.78 is 0. The van der Waals surface area contributed by atoms with Crippen LogP contribution >= 0.6 is 11.8 Å². The molecule has 86 valence electrons. The molecule has 1 aliphatic heterocycles. The molecule has 0 aromatic heterocycles. The molecule has 1 aliphatic rings. The minimum atomic E-state index is -0.299. The number of carbonyl (C=O) groups excluding carboxylic acids is 2. The molecule has 0 aromatic rings. The molecular weight excluding hydrogens is 212 g/mol. The Morgan fingerprint density at radius 1 is 1.60 bits per heavy atom. The van der Waals surface area contributed by atoms with E-state index in [1.165, 1.54) is 4.90 Å². The van der Waals surface area contributed by atoms with E-state index in [4.69, 9.17) is 0 Å². The van der Waals surface area contributed by atoms with Gasteiger partial charge in [0.05, 0.1) is 12.5 Å². The minimum absolute atomic E-state index is 0.0585. The number of imide groups is 1. The van der Waals surface area contributed by atoms with Gasteiger partial charge in [-0.15, -0.1) is 0 Å². The van der Waals surface area contributed by atoms with E-state index >= 15 is 0 Å². The van der Waals surface area contributed by atoms with Crippen LogP contribution in [0.4, 0.5) is 0 Å². The Balaban J connectivity index is 2.45. The Hall–Kier alpha value is -0.550. The van der Waals surface area contributed by atoms with Gasteiger partial charge in [0.1, 0.15) is 0 Å². The zero-order chi connectivity index (χ0) is 11.4. The smallest absolute Gasteiger partial charge is 0.246 e. The van der Waals surface area contributed by atoms with Gasteiger partial charge in [-0.2, -0.15) is 11.8 Å². The summed E-state index contributed by atoms with van der Waals surface area (Å²) in [7, 11) is 0. The maximum absolute atomic E-state index is 11.7. The van der Waals surface area contributed by atoms with Crippen LogP contribution in [0.5, 0.6) is 0 Å². The number of likely N-dealkylation sites (tertiary alicyclic amines) is 1. The van der Waals surface area contributed by atoms with Gasteiger partial charge < -0.3 is 5.32 Å². The van der Waals surface area contributed by atoms with Gasteiger partial charge in [0.2, 0.25) is 11.8 Å². The van der Waals surface area contributed by atoms with Crippen molar-refractivity contribution in [2.75, 3.05) is 19.3 Å². The molecule has 5 heteroatoms. The molecule has 1 N–H and O–H groups in total. The lowest BCUT2D eigenvalue weighted by Gasteiger charge is -2.15. The number of nitrogens with zero attached hydrogens (tertiary/aromatic N) is 1. The summed E-state index contributed by atoms with van der Waals surface area (Å²) in [5, 5.41) is 3.61. The third kappa shape index (κ3) is 2.95. The highest BCUT2D eigenvalue weighted by Gasteiger charge is 2.37. The van der Waals surface area contributed by atoms with Crippen molar-refractivity contribution in [1.29, 1.82) is 0 Å². The van der Waals surface area contributed by atoms with Crippen molar-refractivity contribution in [1.82, 2.24) is 10.2 Å². The molecule has 15 heavy (non-hydrogen) atoms. The fourth-order valence-electron chi connectivity index (χ4n) is 1.57. The first kappa shape index (κ1) is 12.5. The molecule has 1 rings (SSSR count). The number of hydrogen-bond acceptors (Lipinski definition) is 4. The summed E-state index contributed by atoms with van der Waals surface area (Å²) in [4.78, 5) is 24.4. The highest BCUT2D eigenvalue weighted by atomic mass is 32.2. The highest BCUT2D eigenvalue weighted by Crippen LogP contribution is 2.13. The number of hydrogen-bond donors (Lipinski definition) is 1. The molecule has 1 heterocycles. The molecule has 2 atom stereocenters. The lowest BCUT2D eigenvalue weighted by atomic mass is 10.2. The topological polar surface area (TPSA) is 49.4 Å². The monoisotopic (exact) mass is 230 g/mol. The van der Waals surface area contributed by atoms with Gasteiger partial charge in [-0.05, 0) is 13.2 Å². The van der Waals surface area contributed by atoms with Crippen LogP contribution in [0.15, 0.2) is 0 Å². The maximum Gasteiger partial charge on any atom is 0.246 e. The van der Waals surface area contributed by atoms with E-state index in [2.05, 4.69) is 12.2 Å². The maximum atomic E-state index is 11.7. The third-order valence-corrected chi connectivity index (χ3v) is 3.59. The quantitative estimate of drug-likeness (QED) is 0.698. The number of carbonyl (C=O) groups is 2. The third-order valence-electron chi connectivity index (χ3n) is 2.61. The Labute approximate surface area is 94.8 Å². The van der Waals surface area contributed by atoms with Crippen LogP contribution in [0.2, 0.25) is 0 Å². The van der Waals surface area contributed by atoms with E-state index in [1.807, 2.05) is 13.2 Å². The van der Waals surface area contributed by atoms with Crippen molar-refractivity contribution >= 4 is 23.6 Å². The van der Waals surface area contributed by atoms with Crippen LogP contribution < -0.4 is 5.32 Å². The number of nitrogens with one attached hydrogen (secondary N) is 1. The molecule has 0 spiro atoms. The molecule has 0 radical (unpaired) electrons. The molecular formula is C10H18N2O2S. The first-order chi connectivity index (χ1) is 7.10. The number of thioether (sulfide) groups is 1. The zero-order valence-electron chi connectivity index (χ0n) is 9.45. The molecule has 0 saturated carbocycles. The summed E-state index contributed by atoms with van der Waals surface area (Å²) >= 11 is 1.74. The molecule has 1 saturated heterocycles. The fraction of sp³-hybridized carbons (Fsp3) is 0.800. The summed E-state index contributed by atoms with van der Waals surface area (Å²) in [6.45, 7) is 5.16. The van der Waals surface area contributed by atoms with Crippen molar-refractivity contribution < 1.29 is 9.59 Å². The Bertz CT molecular complexity index is 258. The van der Waals surface area contributed by atoms with Gasteiger partial charge in [0, 0.05) is 18.3 Å². The second kappa shape index (κ2) is 5.51. The first-order valence-electron chi connectivity index (χ1n) is 5.20. The SMILES string of the molecule is CCN1C(=O)CC(NCC(C)SC)C1=O. The van der Waals surface area contributed by atoms with E-state index in [9.17, 15) is 9.59 Å². The van der Waals surface area contributed by atoms with Gasteiger partial charge in [-0.3, -0.25) is 14.5 Å². The van der Waals surface area contributed by atoms with Gasteiger partial charge >= 0.3 is 0 Å². The van der Waals surface area contributed by atoms with Gasteiger partial charge in [-0.1, -0.05) is 6.92 Å². The summed E-state index contributed by atoms with van der Waals surface area (Å²) in [6, 6.07) is -0.299. The van der Waals surface area contributed by atoms with Gasteiger partial charge in [0.25, 0.3) is 0 Å². The summed E-state index contributed by atoms with van der Waals surface area (Å²) in [5.74, 6) is -0.132. The van der Waals surface area contributed by atoms with Crippen LogP contribution in [0.25, 0.3) is 0 Å². The molecule has 0 aromatic carbocycles. The van der Waals surface area contributed by atoms with Crippen LogP contribution in [0.1, 0.15) is 20.3 Å². The van der Waals surface area contributed by atoms with E-state index in [-0.39, 0.29) is 17.9 Å². The normalized spacial score (nSPS) is 23.7. The Morgan fingerprint density at radius 3 is 2.73 bits per heavy atom. The van der Waals surface area contributed by atoms with Crippen LogP contribution in [-0.4, -0.2) is 47.4 Å². The highest BCUT2D eigenvalue weighted by molar-refractivity contribution is 7.99.